The molecule has 0 aromatic carbocycles. The van der Waals surface area contributed by atoms with Gasteiger partial charge in [0.05, 0.1) is 18.3 Å². The van der Waals surface area contributed by atoms with Crippen molar-refractivity contribution in [3.05, 3.63) is 0 Å². The van der Waals surface area contributed by atoms with Gasteiger partial charge in [-0.3, -0.25) is 0 Å². The van der Waals surface area contributed by atoms with E-state index in [1.165, 1.54) is 32.1 Å². The zero-order valence-electron chi connectivity index (χ0n) is 15.8. The predicted octanol–water partition coefficient (Wildman–Crippen LogP) is 3.77. The molecule has 0 unspecified atom stereocenters. The number of methoxy groups -OCH3 is 1. The minimum Gasteiger partial charge on any atom is -0.393 e. The third-order valence-corrected chi connectivity index (χ3v) is 9.18. The maximum atomic E-state index is 10.9. The van der Waals surface area contributed by atoms with Crippen LogP contribution in [0.5, 0.6) is 0 Å². The summed E-state index contributed by atoms with van der Waals surface area (Å²) in [5, 5.41) is 21.4. The summed E-state index contributed by atoms with van der Waals surface area (Å²) in [4.78, 5) is 0. The van der Waals surface area contributed by atoms with E-state index in [0.29, 0.717) is 17.9 Å². The summed E-state index contributed by atoms with van der Waals surface area (Å²) in [5.41, 5.74) is -0.0356. The molecular weight excluding hydrogens is 300 g/mol. The van der Waals surface area contributed by atoms with E-state index >= 15 is 0 Å². The van der Waals surface area contributed by atoms with Crippen LogP contribution in [-0.2, 0) is 4.74 Å². The van der Waals surface area contributed by atoms with Crippen LogP contribution in [0.4, 0.5) is 0 Å². The molecule has 4 aliphatic carbocycles. The van der Waals surface area contributed by atoms with Crippen molar-refractivity contribution >= 4 is 0 Å². The number of ether oxygens (including phenoxy) is 1. The second-order valence-electron chi connectivity index (χ2n) is 10.2. The van der Waals surface area contributed by atoms with Gasteiger partial charge in [-0.2, -0.15) is 0 Å². The molecule has 2 N–H and O–H groups in total. The molecule has 4 fully saturated rings. The highest BCUT2D eigenvalue weighted by Gasteiger charge is 2.61. The Labute approximate surface area is 147 Å². The van der Waals surface area contributed by atoms with Gasteiger partial charge in [0.25, 0.3) is 0 Å². The molecule has 0 radical (unpaired) electrons. The molecule has 24 heavy (non-hydrogen) atoms. The van der Waals surface area contributed by atoms with E-state index in [1.54, 1.807) is 7.11 Å². The fourth-order valence-corrected chi connectivity index (χ4v) is 7.69. The Bertz CT molecular complexity index is 493. The van der Waals surface area contributed by atoms with Gasteiger partial charge in [0.15, 0.2) is 0 Å². The molecule has 0 heterocycles. The maximum absolute atomic E-state index is 10.9. The Morgan fingerprint density at radius 2 is 1.67 bits per heavy atom. The van der Waals surface area contributed by atoms with Gasteiger partial charge in [-0.05, 0) is 92.3 Å². The Kier molecular flexibility index (Phi) is 4.10. The molecule has 4 rings (SSSR count). The summed E-state index contributed by atoms with van der Waals surface area (Å²) in [7, 11) is 1.70. The SMILES string of the molecule is COC[C@@]1(O)CC[C@@]2(C)[C@@H](CC[C@@H]3[C@@H]2CC[C@]2(C)[C@@H](O)CC[C@@H]32)C1. The molecule has 0 saturated heterocycles. The number of hydrogen-bond donors (Lipinski definition) is 2. The molecule has 8 atom stereocenters. The van der Waals surface area contributed by atoms with Crippen LogP contribution in [0.25, 0.3) is 0 Å². The van der Waals surface area contributed by atoms with Crippen LogP contribution in [0, 0.1) is 34.5 Å². The molecule has 0 aromatic heterocycles. The van der Waals surface area contributed by atoms with Gasteiger partial charge in [-0.1, -0.05) is 13.8 Å². The fraction of sp³-hybridized carbons (Fsp3) is 1.00. The van der Waals surface area contributed by atoms with E-state index in [2.05, 4.69) is 13.8 Å². The van der Waals surface area contributed by atoms with Gasteiger partial charge < -0.3 is 14.9 Å². The zero-order chi connectivity index (χ0) is 17.2. The first-order valence-corrected chi connectivity index (χ1v) is 10.2. The monoisotopic (exact) mass is 336 g/mol. The Morgan fingerprint density at radius 3 is 2.42 bits per heavy atom. The number of hydrogen-bond acceptors (Lipinski definition) is 3. The topological polar surface area (TPSA) is 49.7 Å². The summed E-state index contributed by atoms with van der Waals surface area (Å²) in [6.07, 6.45) is 10.2. The van der Waals surface area contributed by atoms with Gasteiger partial charge in [0, 0.05) is 7.11 Å². The van der Waals surface area contributed by atoms with E-state index in [-0.39, 0.29) is 11.5 Å². The van der Waals surface area contributed by atoms with Crippen LogP contribution in [-0.4, -0.2) is 35.6 Å². The average molecular weight is 337 g/mol. The second-order valence-corrected chi connectivity index (χ2v) is 10.2. The van der Waals surface area contributed by atoms with E-state index in [0.717, 1.165) is 43.4 Å². The van der Waals surface area contributed by atoms with Crippen LogP contribution in [0.15, 0.2) is 0 Å². The van der Waals surface area contributed by atoms with Crippen molar-refractivity contribution in [2.24, 2.45) is 34.5 Å². The van der Waals surface area contributed by atoms with Gasteiger partial charge in [0.1, 0.15) is 0 Å². The van der Waals surface area contributed by atoms with Gasteiger partial charge >= 0.3 is 0 Å². The molecule has 0 bridgehead atoms. The third kappa shape index (κ3) is 2.34. The predicted molar refractivity (Wildman–Crippen MR) is 94.6 cm³/mol. The fourth-order valence-electron chi connectivity index (χ4n) is 7.69. The van der Waals surface area contributed by atoms with Crippen molar-refractivity contribution in [2.75, 3.05) is 13.7 Å². The minimum atomic E-state index is -0.599. The van der Waals surface area contributed by atoms with Crippen molar-refractivity contribution in [2.45, 2.75) is 83.3 Å². The summed E-state index contributed by atoms with van der Waals surface area (Å²) in [5.74, 6) is 2.97. The van der Waals surface area contributed by atoms with Gasteiger partial charge in [-0.15, -0.1) is 0 Å². The van der Waals surface area contributed by atoms with E-state index in [1.807, 2.05) is 0 Å². The number of rotatable bonds is 2. The van der Waals surface area contributed by atoms with Crippen LogP contribution >= 0.6 is 0 Å². The first kappa shape index (κ1) is 17.3. The molecule has 4 aliphatic rings. The number of aliphatic hydroxyl groups excluding tert-OH is 1. The molecule has 4 saturated carbocycles. The Hall–Kier alpha value is -0.120. The highest BCUT2D eigenvalue weighted by Crippen LogP contribution is 2.66. The molecule has 3 nitrogen and oxygen atoms in total. The molecule has 0 amide bonds. The highest BCUT2D eigenvalue weighted by molar-refractivity contribution is 5.10. The molecule has 3 heteroatoms. The van der Waals surface area contributed by atoms with Crippen LogP contribution in [0.1, 0.15) is 71.6 Å². The first-order valence-electron chi connectivity index (χ1n) is 10.2. The zero-order valence-corrected chi connectivity index (χ0v) is 15.8. The van der Waals surface area contributed by atoms with Crippen molar-refractivity contribution in [3.8, 4) is 0 Å². The van der Waals surface area contributed by atoms with Crippen LogP contribution in [0.2, 0.25) is 0 Å². The Morgan fingerprint density at radius 1 is 0.917 bits per heavy atom. The van der Waals surface area contributed by atoms with Crippen LogP contribution in [0.3, 0.4) is 0 Å². The summed E-state index contributed by atoms with van der Waals surface area (Å²) >= 11 is 0. The third-order valence-electron chi connectivity index (χ3n) is 9.18. The molecular formula is C21H36O3. The molecule has 138 valence electrons. The van der Waals surface area contributed by atoms with Crippen molar-refractivity contribution < 1.29 is 14.9 Å². The van der Waals surface area contributed by atoms with E-state index in [4.69, 9.17) is 4.74 Å². The lowest BCUT2D eigenvalue weighted by Crippen LogP contribution is -2.57. The summed E-state index contributed by atoms with van der Waals surface area (Å²) in [6.45, 7) is 5.37. The summed E-state index contributed by atoms with van der Waals surface area (Å²) < 4.78 is 5.31. The van der Waals surface area contributed by atoms with E-state index < -0.39 is 5.60 Å². The minimum absolute atomic E-state index is 0.0767. The standard InChI is InChI=1S/C21H36O3/c1-19-10-11-21(23,13-24-3)12-14(19)4-5-15-16-6-7-18(22)20(16,2)9-8-17(15)19/h14-18,22-23H,4-13H2,1-3H3/t14-,15-,16-,17-,18-,19-,20-,21+/m0/s1. The molecule has 0 aromatic rings. The largest absolute Gasteiger partial charge is 0.393 e. The van der Waals surface area contributed by atoms with Crippen molar-refractivity contribution in [1.82, 2.24) is 0 Å². The maximum Gasteiger partial charge on any atom is 0.0883 e. The smallest absolute Gasteiger partial charge is 0.0883 e. The quantitative estimate of drug-likeness (QED) is 0.807. The van der Waals surface area contributed by atoms with Crippen molar-refractivity contribution in [3.63, 3.8) is 0 Å². The molecule has 0 aliphatic heterocycles. The average Bonchev–Trinajstić information content (AvgIpc) is 2.84. The lowest BCUT2D eigenvalue weighted by Gasteiger charge is -2.61. The van der Waals surface area contributed by atoms with E-state index in [9.17, 15) is 10.2 Å². The number of fused-ring (bicyclic) bond motifs is 5. The molecule has 0 spiro atoms. The highest BCUT2D eigenvalue weighted by atomic mass is 16.5. The summed E-state index contributed by atoms with van der Waals surface area (Å²) in [6, 6.07) is 0. The lowest BCUT2D eigenvalue weighted by molar-refractivity contribution is -0.165. The Balaban J connectivity index is 1.57. The second kappa shape index (κ2) is 5.69. The van der Waals surface area contributed by atoms with Crippen molar-refractivity contribution in [1.29, 1.82) is 0 Å². The van der Waals surface area contributed by atoms with Crippen LogP contribution < -0.4 is 0 Å². The van der Waals surface area contributed by atoms with Gasteiger partial charge in [0.2, 0.25) is 0 Å². The first-order chi connectivity index (χ1) is 11.3. The normalized spacial score (nSPS) is 57.1. The van der Waals surface area contributed by atoms with Gasteiger partial charge in [-0.25, -0.2) is 0 Å². The lowest BCUT2D eigenvalue weighted by atomic mass is 9.44. The number of aliphatic hydroxyl groups is 2.